The lowest BCUT2D eigenvalue weighted by Gasteiger charge is -2.12. The van der Waals surface area contributed by atoms with E-state index in [9.17, 15) is 0 Å². The van der Waals surface area contributed by atoms with Gasteiger partial charge in [-0.15, -0.1) is 0 Å². The van der Waals surface area contributed by atoms with Crippen LogP contribution in [0.25, 0.3) is 87.2 Å². The van der Waals surface area contributed by atoms with Crippen molar-refractivity contribution in [2.45, 2.75) is 115 Å². The van der Waals surface area contributed by atoms with Gasteiger partial charge in [-0.25, -0.2) is 0 Å². The second-order valence-corrected chi connectivity index (χ2v) is 20.3. The van der Waals surface area contributed by atoms with Gasteiger partial charge >= 0.3 is 0 Å². The smallest absolute Gasteiger partial charge is 0.120 e. The molecule has 0 radical (unpaired) electrons. The zero-order valence-corrected chi connectivity index (χ0v) is 43.6. The quantitative estimate of drug-likeness (QED) is 0.169. The maximum Gasteiger partial charge on any atom is 0.120 e. The first-order valence-electron chi connectivity index (χ1n) is 25.2. The number of benzene rings is 8. The van der Waals surface area contributed by atoms with Crippen LogP contribution in [0, 0.1) is 27.7 Å². The van der Waals surface area contributed by atoms with Crippen LogP contribution < -0.4 is 4.74 Å². The molecule has 0 aliphatic rings. The average molecular weight is 939 g/mol. The molecule has 12 aromatic rings. The molecule has 4 aromatic heterocycles. The monoisotopic (exact) mass is 939 g/mol. The lowest BCUT2D eigenvalue weighted by atomic mass is 10.1. The molecule has 71 heavy (non-hydrogen) atoms. The molecule has 0 unspecified atom stereocenters. The Bertz CT molecular complexity index is 3700. The molecule has 0 aliphatic carbocycles. The molecule has 0 N–H and O–H groups in total. The third-order valence-corrected chi connectivity index (χ3v) is 13.9. The topological polar surface area (TPSA) is 28.9 Å². The van der Waals surface area contributed by atoms with E-state index < -0.39 is 0 Å². The number of ether oxygens (including phenoxy) is 1. The van der Waals surface area contributed by atoms with Gasteiger partial charge in [0, 0.05) is 106 Å². The summed E-state index contributed by atoms with van der Waals surface area (Å²) in [4.78, 5) is 0. The van der Waals surface area contributed by atoms with E-state index >= 15 is 0 Å². The molecular formula is C66H74N4O. The number of para-hydroxylation sites is 4. The minimum Gasteiger partial charge on any atom is -0.497 e. The maximum absolute atomic E-state index is 5.36. The molecule has 0 aliphatic heterocycles. The lowest BCUT2D eigenvalue weighted by Crippen LogP contribution is -2.00. The standard InChI is InChI=1S/C17H19NO.3C16H17N.CH4/c1-11(2)18-16-9-12(3)5-7-14(16)15-8-6-13(19-4)10-17(15)18;1-11(2)17-15-10-5-4-8-13(15)14-9-6-7-12(3)16(14)17;2*1-11(2)17-15-7-5-4-6-13(15)14-9-8-12(3)10-16(14)17;/h5-11H,1-4H3;3*4-11H,1-3H3;1H4. The number of hydrogen-bond acceptors (Lipinski definition) is 1. The van der Waals surface area contributed by atoms with E-state index in [1.807, 2.05) is 6.07 Å². The number of rotatable bonds is 5. The predicted molar refractivity (Wildman–Crippen MR) is 312 cm³/mol. The van der Waals surface area contributed by atoms with Crippen LogP contribution in [-0.4, -0.2) is 25.4 Å². The number of aryl methyl sites for hydroxylation is 4. The summed E-state index contributed by atoms with van der Waals surface area (Å²) in [5, 5.41) is 10.8. The van der Waals surface area contributed by atoms with Gasteiger partial charge in [0.05, 0.1) is 18.1 Å². The summed E-state index contributed by atoms with van der Waals surface area (Å²) in [6.45, 7) is 26.6. The molecule has 5 nitrogen and oxygen atoms in total. The number of hydrogen-bond donors (Lipinski definition) is 0. The summed E-state index contributed by atoms with van der Waals surface area (Å²) in [6, 6.07) is 60.9. The van der Waals surface area contributed by atoms with Crippen molar-refractivity contribution in [3.63, 3.8) is 0 Å². The van der Waals surface area contributed by atoms with Crippen LogP contribution in [0.15, 0.2) is 164 Å². The van der Waals surface area contributed by atoms with Crippen molar-refractivity contribution >= 4 is 87.2 Å². The molecule has 0 saturated carbocycles. The van der Waals surface area contributed by atoms with Crippen LogP contribution in [0.3, 0.4) is 0 Å². The zero-order valence-electron chi connectivity index (χ0n) is 43.6. The Labute approximate surface area is 421 Å². The SMILES string of the molecule is C.COc1ccc2c3ccc(C)cc3n(C(C)C)c2c1.Cc1ccc2c3ccccc3n(C(C)C)c2c1.Cc1ccc2c3ccccc3n(C(C)C)c2c1.Cc1cccc2c3ccccc3n(C(C)C)c12. The number of fused-ring (bicyclic) bond motifs is 12. The fourth-order valence-electron chi connectivity index (χ4n) is 10.9. The van der Waals surface area contributed by atoms with Gasteiger partial charge in [0.1, 0.15) is 5.75 Å². The highest BCUT2D eigenvalue weighted by molar-refractivity contribution is 6.11. The average Bonchev–Trinajstić information content (AvgIpc) is 4.06. The maximum atomic E-state index is 5.36. The van der Waals surface area contributed by atoms with Crippen molar-refractivity contribution in [1.82, 2.24) is 18.3 Å². The van der Waals surface area contributed by atoms with Crippen molar-refractivity contribution in [2.24, 2.45) is 0 Å². The number of nitrogens with zero attached hydrogens (tertiary/aromatic N) is 4. The third kappa shape index (κ3) is 9.31. The van der Waals surface area contributed by atoms with Gasteiger partial charge in [0.25, 0.3) is 0 Å². The van der Waals surface area contributed by atoms with E-state index in [-0.39, 0.29) is 7.43 Å². The van der Waals surface area contributed by atoms with E-state index in [0.717, 1.165) is 5.75 Å². The van der Waals surface area contributed by atoms with Gasteiger partial charge < -0.3 is 23.0 Å². The highest BCUT2D eigenvalue weighted by Gasteiger charge is 2.16. The van der Waals surface area contributed by atoms with Gasteiger partial charge in [0.2, 0.25) is 0 Å². The van der Waals surface area contributed by atoms with Crippen LogP contribution in [0.1, 0.15) is 109 Å². The molecule has 0 spiro atoms. The molecule has 4 heterocycles. The highest BCUT2D eigenvalue weighted by Crippen LogP contribution is 2.37. The Morgan fingerprint density at radius 2 is 0.620 bits per heavy atom. The summed E-state index contributed by atoms with van der Waals surface area (Å²) in [5.74, 6) is 0.911. The molecular weight excluding hydrogens is 865 g/mol. The van der Waals surface area contributed by atoms with Crippen LogP contribution in [0.4, 0.5) is 0 Å². The Morgan fingerprint density at radius 1 is 0.310 bits per heavy atom. The molecule has 364 valence electrons. The fraction of sp³-hybridized carbons (Fsp3) is 0.273. The summed E-state index contributed by atoms with van der Waals surface area (Å²) in [7, 11) is 1.72. The van der Waals surface area contributed by atoms with Gasteiger partial charge in [0.15, 0.2) is 0 Å². The first-order chi connectivity index (χ1) is 33.7. The van der Waals surface area contributed by atoms with E-state index in [0.29, 0.717) is 24.2 Å². The molecule has 12 rings (SSSR count). The summed E-state index contributed by atoms with van der Waals surface area (Å²) < 4.78 is 15.1. The van der Waals surface area contributed by atoms with E-state index in [1.165, 1.54) is 109 Å². The van der Waals surface area contributed by atoms with Crippen LogP contribution in [-0.2, 0) is 0 Å². The first kappa shape index (κ1) is 50.2. The Morgan fingerprint density at radius 3 is 1.01 bits per heavy atom. The molecule has 0 saturated heterocycles. The van der Waals surface area contributed by atoms with Crippen LogP contribution in [0.2, 0.25) is 0 Å². The minimum absolute atomic E-state index is 0. The minimum atomic E-state index is 0. The van der Waals surface area contributed by atoms with Gasteiger partial charge in [-0.1, -0.05) is 117 Å². The van der Waals surface area contributed by atoms with E-state index in [2.05, 4.69) is 259 Å². The Balaban J connectivity index is 0.000000126. The largest absolute Gasteiger partial charge is 0.497 e. The highest BCUT2D eigenvalue weighted by atomic mass is 16.5. The molecule has 0 atom stereocenters. The molecule has 0 amide bonds. The molecule has 0 bridgehead atoms. The molecule has 5 heteroatoms. The molecule has 0 fully saturated rings. The zero-order chi connectivity index (χ0) is 49.5. The van der Waals surface area contributed by atoms with Gasteiger partial charge in [-0.2, -0.15) is 0 Å². The Hall–Kier alpha value is -7.24. The second-order valence-electron chi connectivity index (χ2n) is 20.3. The van der Waals surface area contributed by atoms with Crippen molar-refractivity contribution in [1.29, 1.82) is 0 Å². The van der Waals surface area contributed by atoms with Gasteiger partial charge in [-0.05, 0) is 154 Å². The molecule has 8 aromatic carbocycles. The van der Waals surface area contributed by atoms with Crippen molar-refractivity contribution in [2.75, 3.05) is 7.11 Å². The first-order valence-corrected chi connectivity index (χ1v) is 25.2. The fourth-order valence-corrected chi connectivity index (χ4v) is 10.9. The number of aromatic nitrogens is 4. The second kappa shape index (κ2) is 20.6. The number of methoxy groups -OCH3 is 1. The van der Waals surface area contributed by atoms with Gasteiger partial charge in [-0.3, -0.25) is 0 Å². The summed E-state index contributed by atoms with van der Waals surface area (Å²) >= 11 is 0. The van der Waals surface area contributed by atoms with Crippen molar-refractivity contribution in [3.05, 3.63) is 186 Å². The van der Waals surface area contributed by atoms with Crippen LogP contribution in [0.5, 0.6) is 5.75 Å². The lowest BCUT2D eigenvalue weighted by molar-refractivity contribution is 0.415. The normalized spacial score (nSPS) is 11.6. The predicted octanol–water partition coefficient (Wildman–Crippen LogP) is 19.4. The Kier molecular flexibility index (Phi) is 14.6. The summed E-state index contributed by atoms with van der Waals surface area (Å²) in [6.07, 6.45) is 0. The summed E-state index contributed by atoms with van der Waals surface area (Å²) in [5.41, 5.74) is 15.9. The van der Waals surface area contributed by atoms with E-state index in [1.54, 1.807) is 7.11 Å². The van der Waals surface area contributed by atoms with E-state index in [4.69, 9.17) is 4.74 Å². The van der Waals surface area contributed by atoms with Crippen molar-refractivity contribution < 1.29 is 4.74 Å². The van der Waals surface area contributed by atoms with Crippen molar-refractivity contribution in [3.8, 4) is 5.75 Å². The van der Waals surface area contributed by atoms with Crippen LogP contribution >= 0.6 is 0 Å². The third-order valence-electron chi connectivity index (χ3n) is 13.9.